The molecule has 0 aliphatic carbocycles. The second-order valence-electron chi connectivity index (χ2n) is 5.15. The lowest BCUT2D eigenvalue weighted by Crippen LogP contribution is -2.59. The smallest absolute Gasteiger partial charge is 0.251 e. The summed E-state index contributed by atoms with van der Waals surface area (Å²) in [6, 6.07) is 0. The van der Waals surface area contributed by atoms with Gasteiger partial charge in [-0.3, -0.25) is 14.5 Å². The van der Waals surface area contributed by atoms with Crippen LogP contribution in [-0.2, 0) is 19.1 Å². The number of ether oxygens (including phenoxy) is 2. The molecule has 0 radical (unpaired) electrons. The molecule has 2 amide bonds. The molecule has 1 atom stereocenters. The van der Waals surface area contributed by atoms with Crippen LogP contribution in [0.3, 0.4) is 0 Å². The summed E-state index contributed by atoms with van der Waals surface area (Å²) in [5.74, 6) is -0.519. The standard InChI is InChI=1S/C12H21N3O4/c1-12(11(13)17)9-15(4-7-19-12)10(16)8-14-2-5-18-6-3-14/h2-9H2,1H3,(H2,13,17)/t12-/m1/s1. The number of hydrogen-bond donors (Lipinski definition) is 1. The van der Waals surface area contributed by atoms with Gasteiger partial charge in [0.15, 0.2) is 5.60 Å². The van der Waals surface area contributed by atoms with Gasteiger partial charge in [0.25, 0.3) is 5.91 Å². The number of rotatable bonds is 3. The molecule has 0 aromatic rings. The molecular weight excluding hydrogens is 250 g/mol. The SMILES string of the molecule is C[C@]1(C(N)=O)CN(C(=O)CN2CCOCC2)CCO1. The van der Waals surface area contributed by atoms with Gasteiger partial charge in [0.05, 0.1) is 32.9 Å². The van der Waals surface area contributed by atoms with Crippen molar-refractivity contribution in [2.24, 2.45) is 5.73 Å². The molecule has 0 aromatic carbocycles. The summed E-state index contributed by atoms with van der Waals surface area (Å²) in [6.07, 6.45) is 0. The topological polar surface area (TPSA) is 85.1 Å². The Morgan fingerprint density at radius 1 is 1.21 bits per heavy atom. The summed E-state index contributed by atoms with van der Waals surface area (Å²) in [6.45, 7) is 5.92. The number of carbonyl (C=O) groups excluding carboxylic acids is 2. The van der Waals surface area contributed by atoms with E-state index in [0.717, 1.165) is 13.1 Å². The van der Waals surface area contributed by atoms with Crippen molar-refractivity contribution in [3.8, 4) is 0 Å². The first kappa shape index (κ1) is 14.2. The lowest BCUT2D eigenvalue weighted by atomic mass is 10.0. The Hall–Kier alpha value is -1.18. The highest BCUT2D eigenvalue weighted by molar-refractivity contribution is 5.85. The van der Waals surface area contributed by atoms with E-state index in [1.54, 1.807) is 11.8 Å². The molecule has 0 saturated carbocycles. The fraction of sp³-hybridized carbons (Fsp3) is 0.833. The summed E-state index contributed by atoms with van der Waals surface area (Å²) >= 11 is 0. The normalized spacial score (nSPS) is 29.2. The highest BCUT2D eigenvalue weighted by Gasteiger charge is 2.39. The maximum absolute atomic E-state index is 12.2. The molecule has 2 saturated heterocycles. The predicted molar refractivity (Wildman–Crippen MR) is 67.4 cm³/mol. The summed E-state index contributed by atoms with van der Waals surface area (Å²) in [5, 5.41) is 0. The van der Waals surface area contributed by atoms with E-state index < -0.39 is 11.5 Å². The second kappa shape index (κ2) is 5.85. The van der Waals surface area contributed by atoms with Gasteiger partial charge < -0.3 is 20.1 Å². The van der Waals surface area contributed by atoms with Gasteiger partial charge >= 0.3 is 0 Å². The Labute approximate surface area is 112 Å². The van der Waals surface area contributed by atoms with E-state index in [4.69, 9.17) is 15.2 Å². The van der Waals surface area contributed by atoms with Crippen LogP contribution < -0.4 is 5.73 Å². The lowest BCUT2D eigenvalue weighted by Gasteiger charge is -2.39. The molecule has 7 nitrogen and oxygen atoms in total. The Bertz CT molecular complexity index is 357. The number of morpholine rings is 2. The third-order valence-corrected chi connectivity index (χ3v) is 3.61. The van der Waals surface area contributed by atoms with E-state index in [1.807, 2.05) is 0 Å². The molecule has 2 fully saturated rings. The quantitative estimate of drug-likeness (QED) is 0.670. The zero-order valence-corrected chi connectivity index (χ0v) is 11.3. The molecule has 2 heterocycles. The van der Waals surface area contributed by atoms with E-state index >= 15 is 0 Å². The Morgan fingerprint density at radius 2 is 1.89 bits per heavy atom. The number of hydrogen-bond acceptors (Lipinski definition) is 5. The average Bonchev–Trinajstić information content (AvgIpc) is 2.40. The third kappa shape index (κ3) is 3.43. The molecule has 0 unspecified atom stereocenters. The Kier molecular flexibility index (Phi) is 4.38. The van der Waals surface area contributed by atoms with E-state index in [2.05, 4.69) is 4.90 Å². The highest BCUT2D eigenvalue weighted by atomic mass is 16.5. The minimum Gasteiger partial charge on any atom is -0.379 e. The number of carbonyl (C=O) groups is 2. The summed E-state index contributed by atoms with van der Waals surface area (Å²) in [5.41, 5.74) is 4.25. The van der Waals surface area contributed by atoms with Gasteiger partial charge in [-0.25, -0.2) is 0 Å². The van der Waals surface area contributed by atoms with Crippen LogP contribution in [0.1, 0.15) is 6.92 Å². The number of primary amides is 1. The van der Waals surface area contributed by atoms with Gasteiger partial charge in [-0.15, -0.1) is 0 Å². The van der Waals surface area contributed by atoms with Crippen LogP contribution in [-0.4, -0.2) is 79.8 Å². The first-order chi connectivity index (χ1) is 9.01. The number of nitrogens with zero attached hydrogens (tertiary/aromatic N) is 2. The Morgan fingerprint density at radius 3 is 2.53 bits per heavy atom. The zero-order chi connectivity index (χ0) is 13.9. The fourth-order valence-electron chi connectivity index (χ4n) is 2.28. The summed E-state index contributed by atoms with van der Waals surface area (Å²) < 4.78 is 10.6. The molecule has 0 bridgehead atoms. The third-order valence-electron chi connectivity index (χ3n) is 3.61. The zero-order valence-electron chi connectivity index (χ0n) is 11.3. The van der Waals surface area contributed by atoms with Crippen LogP contribution in [0.5, 0.6) is 0 Å². The average molecular weight is 271 g/mol. The molecule has 0 aromatic heterocycles. The summed E-state index contributed by atoms with van der Waals surface area (Å²) in [7, 11) is 0. The maximum Gasteiger partial charge on any atom is 0.251 e. The summed E-state index contributed by atoms with van der Waals surface area (Å²) in [4.78, 5) is 27.3. The monoisotopic (exact) mass is 271 g/mol. The fourth-order valence-corrected chi connectivity index (χ4v) is 2.28. The van der Waals surface area contributed by atoms with Crippen molar-refractivity contribution >= 4 is 11.8 Å². The lowest BCUT2D eigenvalue weighted by molar-refractivity contribution is -0.161. The number of amides is 2. The maximum atomic E-state index is 12.2. The first-order valence-electron chi connectivity index (χ1n) is 6.53. The van der Waals surface area contributed by atoms with Gasteiger partial charge in [-0.1, -0.05) is 0 Å². The van der Waals surface area contributed by atoms with Crippen LogP contribution in [0.2, 0.25) is 0 Å². The molecular formula is C12H21N3O4. The Balaban J connectivity index is 1.89. The first-order valence-corrected chi connectivity index (χ1v) is 6.53. The minimum atomic E-state index is -1.07. The molecule has 2 N–H and O–H groups in total. The van der Waals surface area contributed by atoms with Crippen molar-refractivity contribution in [3.05, 3.63) is 0 Å². The van der Waals surface area contributed by atoms with Crippen LogP contribution in [0.25, 0.3) is 0 Å². The van der Waals surface area contributed by atoms with Crippen molar-refractivity contribution in [1.82, 2.24) is 9.80 Å². The van der Waals surface area contributed by atoms with Crippen molar-refractivity contribution in [2.45, 2.75) is 12.5 Å². The molecule has 2 rings (SSSR count). The largest absolute Gasteiger partial charge is 0.379 e. The van der Waals surface area contributed by atoms with Crippen LogP contribution in [0.15, 0.2) is 0 Å². The second-order valence-corrected chi connectivity index (χ2v) is 5.15. The van der Waals surface area contributed by atoms with Crippen molar-refractivity contribution in [3.63, 3.8) is 0 Å². The van der Waals surface area contributed by atoms with E-state index in [1.165, 1.54) is 0 Å². The molecule has 19 heavy (non-hydrogen) atoms. The minimum absolute atomic E-state index is 0.0117. The van der Waals surface area contributed by atoms with Crippen molar-refractivity contribution < 1.29 is 19.1 Å². The van der Waals surface area contributed by atoms with Crippen LogP contribution in [0.4, 0.5) is 0 Å². The van der Waals surface area contributed by atoms with E-state index in [0.29, 0.717) is 32.9 Å². The van der Waals surface area contributed by atoms with Gasteiger partial charge in [0.2, 0.25) is 5.91 Å². The van der Waals surface area contributed by atoms with Crippen LogP contribution in [0, 0.1) is 0 Å². The van der Waals surface area contributed by atoms with Crippen LogP contribution >= 0.6 is 0 Å². The molecule has 7 heteroatoms. The van der Waals surface area contributed by atoms with E-state index in [-0.39, 0.29) is 12.5 Å². The van der Waals surface area contributed by atoms with Gasteiger partial charge in [0.1, 0.15) is 0 Å². The predicted octanol–water partition coefficient (Wildman–Crippen LogP) is -1.58. The van der Waals surface area contributed by atoms with Gasteiger partial charge in [-0.05, 0) is 6.92 Å². The molecule has 0 spiro atoms. The molecule has 108 valence electrons. The van der Waals surface area contributed by atoms with E-state index in [9.17, 15) is 9.59 Å². The van der Waals surface area contributed by atoms with Gasteiger partial charge in [0, 0.05) is 19.6 Å². The highest BCUT2D eigenvalue weighted by Crippen LogP contribution is 2.17. The van der Waals surface area contributed by atoms with Crippen molar-refractivity contribution in [1.29, 1.82) is 0 Å². The van der Waals surface area contributed by atoms with Gasteiger partial charge in [-0.2, -0.15) is 0 Å². The molecule has 2 aliphatic heterocycles. The number of nitrogens with two attached hydrogens (primary N) is 1. The van der Waals surface area contributed by atoms with Crippen molar-refractivity contribution in [2.75, 3.05) is 52.5 Å². The molecule has 2 aliphatic rings.